The van der Waals surface area contributed by atoms with Crippen LogP contribution in [0.2, 0.25) is 0 Å². The van der Waals surface area contributed by atoms with Gasteiger partial charge in [-0.15, -0.1) is 4.89 Å². The quantitative estimate of drug-likeness (QED) is 0.235. The molecule has 0 amide bonds. The van der Waals surface area contributed by atoms with Crippen molar-refractivity contribution < 1.29 is 14.0 Å². The van der Waals surface area contributed by atoms with E-state index < -0.39 is 23.6 Å². The van der Waals surface area contributed by atoms with Crippen LogP contribution in [0.1, 0.15) is 33.6 Å². The molecule has 0 aromatic rings. The summed E-state index contributed by atoms with van der Waals surface area (Å²) in [6.45, 7) is 5.89. The summed E-state index contributed by atoms with van der Waals surface area (Å²) in [4.78, 5) is 9.09. The Morgan fingerprint density at radius 3 is 1.53 bits per heavy atom. The zero-order valence-corrected chi connectivity index (χ0v) is 20.8. The van der Waals surface area contributed by atoms with Gasteiger partial charge in [-0.1, -0.05) is 89.0 Å². The van der Waals surface area contributed by atoms with Crippen molar-refractivity contribution in [1.82, 2.24) is 0 Å². The average molecular weight is 681 g/mol. The molecule has 0 aromatic carbocycles. The second-order valence-electron chi connectivity index (χ2n) is 4.09. The lowest BCUT2D eigenvalue weighted by molar-refractivity contribution is 0.0912. The Hall–Kier alpha value is 2.90. The van der Waals surface area contributed by atoms with Crippen LogP contribution in [0.5, 0.6) is 0 Å². The highest BCUT2D eigenvalue weighted by atomic mass is 79.9. The van der Waals surface area contributed by atoms with E-state index in [1.54, 1.807) is 0 Å². The van der Waals surface area contributed by atoms with Crippen LogP contribution in [0.25, 0.3) is 0 Å². The number of rotatable bonds is 7. The summed E-state index contributed by atoms with van der Waals surface area (Å²) in [6, 6.07) is 0. The van der Waals surface area contributed by atoms with Gasteiger partial charge in [0.2, 0.25) is 3.42 Å². The van der Waals surface area contributed by atoms with Crippen LogP contribution in [0.15, 0.2) is 0 Å². The minimum atomic E-state index is -2.78. The predicted octanol–water partition coefficient (Wildman–Crippen LogP) is 6.89. The minimum Gasteiger partial charge on any atom is -0.133 e. The van der Waals surface area contributed by atoms with Gasteiger partial charge >= 0.3 is 8.25 Å². The topological polar surface area (TPSA) is 46.5 Å². The third-order valence-electron chi connectivity index (χ3n) is 3.13. The Kier molecular flexibility index (Phi) is 8.81. The summed E-state index contributed by atoms with van der Waals surface area (Å²) in [7, 11) is -2.78. The van der Waals surface area contributed by atoms with Gasteiger partial charge in [-0.05, 0) is 44.7 Å². The third kappa shape index (κ3) is 4.46. The normalized spacial score (nSPS) is 15.6. The Morgan fingerprint density at radius 2 is 1.32 bits per heavy atom. The first-order chi connectivity index (χ1) is 8.29. The van der Waals surface area contributed by atoms with Gasteiger partial charge in [0.25, 0.3) is 0 Å². The first kappa shape index (κ1) is 21.9. The molecule has 0 aliphatic carbocycles. The fraction of sp³-hybridized carbons (Fsp3) is 1.00. The van der Waals surface area contributed by atoms with Crippen molar-refractivity contribution in [1.29, 1.82) is 0 Å². The number of halogens is 6. The van der Waals surface area contributed by atoms with Crippen molar-refractivity contribution in [2.24, 2.45) is 5.41 Å². The highest BCUT2D eigenvalue weighted by Crippen LogP contribution is 2.69. The van der Waals surface area contributed by atoms with Gasteiger partial charge in [0.1, 0.15) is 0 Å². The van der Waals surface area contributed by atoms with E-state index >= 15 is 0 Å². The highest BCUT2D eigenvalue weighted by Gasteiger charge is 2.68. The van der Waals surface area contributed by atoms with Crippen LogP contribution < -0.4 is 0 Å². The Labute approximate surface area is 165 Å². The first-order valence-corrected chi connectivity index (χ1v) is 11.2. The van der Waals surface area contributed by atoms with E-state index in [-0.39, 0.29) is 0 Å². The smallest absolute Gasteiger partial charge is 0.133 e. The molecule has 1 unspecified atom stereocenters. The molecule has 0 saturated heterocycles. The summed E-state index contributed by atoms with van der Waals surface area (Å²) in [5.74, 6) is 0. The van der Waals surface area contributed by atoms with Crippen molar-refractivity contribution in [2.75, 3.05) is 0 Å². The van der Waals surface area contributed by atoms with Gasteiger partial charge < -0.3 is 0 Å². The van der Waals surface area contributed by atoms with Crippen molar-refractivity contribution >= 4 is 104 Å². The summed E-state index contributed by atoms with van der Waals surface area (Å²) in [5.41, 5.74) is -0.746. The lowest BCUT2D eigenvalue weighted by atomic mass is 9.81. The summed E-state index contributed by atoms with van der Waals surface area (Å²) in [6.07, 6.45) is 1.40. The molecule has 1 atom stereocenters. The van der Waals surface area contributed by atoms with E-state index in [1.165, 1.54) is 0 Å². The largest absolute Gasteiger partial charge is 0.697 e. The second-order valence-corrected chi connectivity index (χ2v) is 15.6. The molecule has 0 rings (SSSR count). The van der Waals surface area contributed by atoms with Crippen LogP contribution in [0.3, 0.4) is 0 Å². The molecule has 0 spiro atoms. The average Bonchev–Trinajstić information content (AvgIpc) is 2.25. The molecule has 0 aliphatic rings. The molecule has 3 nitrogen and oxygen atoms in total. The summed E-state index contributed by atoms with van der Waals surface area (Å²) < 4.78 is 13.9. The lowest BCUT2D eigenvalue weighted by Crippen LogP contribution is -2.58. The van der Waals surface area contributed by atoms with E-state index in [0.29, 0.717) is 12.8 Å². The van der Waals surface area contributed by atoms with Crippen molar-refractivity contribution in [2.45, 2.75) is 43.5 Å². The van der Waals surface area contributed by atoms with Gasteiger partial charge in [-0.25, -0.2) is 0 Å². The van der Waals surface area contributed by atoms with E-state index in [9.17, 15) is 4.57 Å². The van der Waals surface area contributed by atoms with Crippen LogP contribution >= 0.6 is 104 Å². The molecule has 0 radical (unpaired) electrons. The number of hydrogen-bond acceptors (Lipinski definition) is 2. The highest BCUT2D eigenvalue weighted by molar-refractivity contribution is 9.27. The van der Waals surface area contributed by atoms with Crippen molar-refractivity contribution in [3.8, 4) is 0 Å². The SMILES string of the molecule is CCC(Br)(Br)C(C)(C(Br)(Br)CC)C(Br)(Br)O[P+](=O)O. The monoisotopic (exact) mass is 675 g/mol. The van der Waals surface area contributed by atoms with E-state index in [2.05, 4.69) is 95.6 Å². The molecule has 0 heterocycles. The van der Waals surface area contributed by atoms with Gasteiger partial charge in [0, 0.05) is 4.57 Å². The van der Waals surface area contributed by atoms with E-state index in [0.717, 1.165) is 0 Å². The molecule has 0 bridgehead atoms. The molecule has 0 fully saturated rings. The fourth-order valence-corrected chi connectivity index (χ4v) is 9.73. The molecule has 1 N–H and O–H groups in total. The van der Waals surface area contributed by atoms with Gasteiger partial charge in [0.05, 0.1) is 11.9 Å². The fourth-order valence-electron chi connectivity index (χ4n) is 1.59. The Balaban J connectivity index is 6.00. The minimum absolute atomic E-state index is 0.575. The lowest BCUT2D eigenvalue weighted by Gasteiger charge is -2.52. The third-order valence-corrected chi connectivity index (χ3v) is 11.4. The molecule has 10 heteroatoms. The van der Waals surface area contributed by atoms with Gasteiger partial charge in [-0.3, -0.25) is 0 Å². The number of hydrogen-bond donors (Lipinski definition) is 1. The maximum absolute atomic E-state index is 11.1. The van der Waals surface area contributed by atoms with E-state index in [1.807, 2.05) is 20.8 Å². The summed E-state index contributed by atoms with van der Waals surface area (Å²) in [5, 5.41) is 0. The Morgan fingerprint density at radius 1 is 1.00 bits per heavy atom. The maximum Gasteiger partial charge on any atom is 0.697 e. The Bertz CT molecular complexity index is 331. The molecule has 114 valence electrons. The standard InChI is InChI=1S/C9H13Br6O3P/c1-4-7(10,11)6(3,8(12,13)5-2)9(14,15)18-19(16)17/h4-5H2,1-3H3/p+1. The van der Waals surface area contributed by atoms with Gasteiger partial charge in [0.15, 0.2) is 0 Å². The van der Waals surface area contributed by atoms with Crippen LogP contribution in [-0.2, 0) is 9.09 Å². The van der Waals surface area contributed by atoms with Gasteiger partial charge in [-0.2, -0.15) is 0 Å². The van der Waals surface area contributed by atoms with Crippen LogP contribution in [0, 0.1) is 5.41 Å². The number of alkyl halides is 6. The molecular weight excluding hydrogens is 666 g/mol. The summed E-state index contributed by atoms with van der Waals surface area (Å²) >= 11 is 21.4. The zero-order chi connectivity index (χ0) is 15.7. The van der Waals surface area contributed by atoms with Crippen LogP contribution in [0.4, 0.5) is 0 Å². The molecule has 0 aromatic heterocycles. The molecule has 0 saturated carbocycles. The van der Waals surface area contributed by atoms with Crippen LogP contribution in [-0.4, -0.2) is 14.8 Å². The zero-order valence-electron chi connectivity index (χ0n) is 10.4. The molecule has 0 aliphatic heterocycles. The van der Waals surface area contributed by atoms with E-state index in [4.69, 9.17) is 9.42 Å². The second kappa shape index (κ2) is 7.65. The predicted molar refractivity (Wildman–Crippen MR) is 101 cm³/mol. The van der Waals surface area contributed by atoms with Crippen molar-refractivity contribution in [3.05, 3.63) is 0 Å². The first-order valence-electron chi connectivity index (χ1n) is 5.27. The van der Waals surface area contributed by atoms with Crippen molar-refractivity contribution in [3.63, 3.8) is 0 Å². The maximum atomic E-state index is 11.1. The molecule has 19 heavy (non-hydrogen) atoms. The molecular formula is C9H14Br6O3P+.